The molecule has 0 unspecified atom stereocenters. The first-order chi connectivity index (χ1) is 10.5. The molecule has 1 aliphatic heterocycles. The molecule has 2 aromatic rings. The van der Waals surface area contributed by atoms with E-state index in [0.717, 1.165) is 6.42 Å². The van der Waals surface area contributed by atoms with E-state index in [9.17, 15) is 10.2 Å². The Balaban J connectivity index is 1.92. The molecule has 0 saturated carbocycles. The molecule has 22 heavy (non-hydrogen) atoms. The van der Waals surface area contributed by atoms with Crippen molar-refractivity contribution in [1.29, 1.82) is 0 Å². The second kappa shape index (κ2) is 5.79. The zero-order valence-electron chi connectivity index (χ0n) is 12.6. The van der Waals surface area contributed by atoms with Crippen LogP contribution in [-0.4, -0.2) is 48.0 Å². The largest absolute Gasteiger partial charge is 0.390 e. The van der Waals surface area contributed by atoms with Crippen molar-refractivity contribution >= 4 is 17.0 Å². The Morgan fingerprint density at radius 3 is 2.91 bits per heavy atom. The van der Waals surface area contributed by atoms with Crippen molar-refractivity contribution in [1.82, 2.24) is 19.5 Å². The van der Waals surface area contributed by atoms with E-state index in [1.807, 2.05) is 13.8 Å². The van der Waals surface area contributed by atoms with Gasteiger partial charge in [0.15, 0.2) is 17.7 Å². The third-order valence-corrected chi connectivity index (χ3v) is 4.27. The first kappa shape index (κ1) is 15.1. The number of rotatable bonds is 4. The van der Waals surface area contributed by atoms with Gasteiger partial charge in [-0.3, -0.25) is 4.57 Å². The van der Waals surface area contributed by atoms with E-state index in [1.165, 1.54) is 12.7 Å². The quantitative estimate of drug-likeness (QED) is 0.750. The standard InChI is InChI=1S/C14H21N5O3/c1-3-4-8(20)11-7(2)10(21)14(22-11)19-6-18-9-12(15)16-5-17-13(9)19/h5-8,10-11,14,20-21H,3-4H2,1-2H3,(H2,15,16,17)/t7-,8+,10+,11-,14+/m0/s1. The Labute approximate surface area is 128 Å². The number of fused-ring (bicyclic) bond motifs is 1. The molecule has 0 aromatic carbocycles. The van der Waals surface area contributed by atoms with Crippen LogP contribution in [0.25, 0.3) is 11.2 Å². The lowest BCUT2D eigenvalue weighted by molar-refractivity contribution is -0.0783. The molecule has 8 nitrogen and oxygen atoms in total. The minimum Gasteiger partial charge on any atom is -0.390 e. The molecule has 4 N–H and O–H groups in total. The molecule has 1 saturated heterocycles. The SMILES string of the molecule is CCC[C@@H](O)[C@H]1O[C@@H](n2cnc3c(N)ncnc32)[C@H](O)[C@@H]1C. The van der Waals surface area contributed by atoms with Gasteiger partial charge in [0, 0.05) is 5.92 Å². The van der Waals surface area contributed by atoms with E-state index >= 15 is 0 Å². The topological polar surface area (TPSA) is 119 Å². The van der Waals surface area contributed by atoms with Crippen molar-refractivity contribution in [3.05, 3.63) is 12.7 Å². The highest BCUT2D eigenvalue weighted by molar-refractivity contribution is 5.81. The van der Waals surface area contributed by atoms with Gasteiger partial charge in [-0.15, -0.1) is 0 Å². The van der Waals surface area contributed by atoms with Crippen LogP contribution in [0.1, 0.15) is 32.9 Å². The van der Waals surface area contributed by atoms with Gasteiger partial charge in [0.1, 0.15) is 17.9 Å². The van der Waals surface area contributed by atoms with Crippen LogP contribution in [0.5, 0.6) is 0 Å². The number of anilines is 1. The summed E-state index contributed by atoms with van der Waals surface area (Å²) >= 11 is 0. The maximum atomic E-state index is 10.5. The number of ether oxygens (including phenoxy) is 1. The minimum absolute atomic E-state index is 0.191. The van der Waals surface area contributed by atoms with Crippen LogP contribution in [0.3, 0.4) is 0 Å². The number of aliphatic hydroxyl groups is 2. The van der Waals surface area contributed by atoms with Crippen LogP contribution >= 0.6 is 0 Å². The van der Waals surface area contributed by atoms with Crippen LogP contribution in [0.4, 0.5) is 5.82 Å². The number of nitrogens with zero attached hydrogens (tertiary/aromatic N) is 4. The van der Waals surface area contributed by atoms with Crippen LogP contribution in [-0.2, 0) is 4.74 Å². The van der Waals surface area contributed by atoms with E-state index in [2.05, 4.69) is 15.0 Å². The Morgan fingerprint density at radius 1 is 1.41 bits per heavy atom. The van der Waals surface area contributed by atoms with Crippen molar-refractivity contribution in [2.45, 2.75) is 51.2 Å². The first-order valence-corrected chi connectivity index (χ1v) is 7.49. The number of nitrogens with two attached hydrogens (primary N) is 1. The summed E-state index contributed by atoms with van der Waals surface area (Å²) in [5.41, 5.74) is 6.76. The van der Waals surface area contributed by atoms with Crippen molar-refractivity contribution in [2.24, 2.45) is 5.92 Å². The summed E-state index contributed by atoms with van der Waals surface area (Å²) in [7, 11) is 0. The average molecular weight is 307 g/mol. The summed E-state index contributed by atoms with van der Waals surface area (Å²) in [6, 6.07) is 0. The highest BCUT2D eigenvalue weighted by Crippen LogP contribution is 2.37. The average Bonchev–Trinajstić information content (AvgIpc) is 3.03. The minimum atomic E-state index is -0.759. The Kier molecular flexibility index (Phi) is 3.98. The fourth-order valence-electron chi connectivity index (χ4n) is 3.01. The number of aromatic nitrogens is 4. The van der Waals surface area contributed by atoms with Gasteiger partial charge in [-0.1, -0.05) is 20.3 Å². The monoisotopic (exact) mass is 307 g/mol. The molecule has 3 heterocycles. The lowest BCUT2D eigenvalue weighted by atomic mass is 9.94. The molecule has 3 rings (SSSR count). The third kappa shape index (κ3) is 2.33. The fourth-order valence-corrected chi connectivity index (χ4v) is 3.01. The Bertz CT molecular complexity index is 661. The van der Waals surface area contributed by atoms with Gasteiger partial charge >= 0.3 is 0 Å². The van der Waals surface area contributed by atoms with E-state index in [0.29, 0.717) is 17.6 Å². The van der Waals surface area contributed by atoms with Gasteiger partial charge in [0.25, 0.3) is 0 Å². The molecule has 2 aromatic heterocycles. The van der Waals surface area contributed by atoms with Gasteiger partial charge in [-0.05, 0) is 6.42 Å². The van der Waals surface area contributed by atoms with E-state index in [4.69, 9.17) is 10.5 Å². The number of hydrogen-bond acceptors (Lipinski definition) is 7. The van der Waals surface area contributed by atoms with Crippen molar-refractivity contribution in [3.8, 4) is 0 Å². The molecule has 120 valence electrons. The van der Waals surface area contributed by atoms with E-state index < -0.39 is 24.5 Å². The van der Waals surface area contributed by atoms with Gasteiger partial charge in [0.2, 0.25) is 0 Å². The second-order valence-electron chi connectivity index (χ2n) is 5.78. The second-order valence-corrected chi connectivity index (χ2v) is 5.78. The first-order valence-electron chi connectivity index (χ1n) is 7.49. The normalized spacial score (nSPS) is 30.0. The summed E-state index contributed by atoms with van der Waals surface area (Å²) in [6.07, 6.45) is 1.94. The smallest absolute Gasteiger partial charge is 0.167 e. The van der Waals surface area contributed by atoms with Crippen LogP contribution < -0.4 is 5.73 Å². The van der Waals surface area contributed by atoms with Gasteiger partial charge < -0.3 is 20.7 Å². The highest BCUT2D eigenvalue weighted by Gasteiger charge is 2.45. The number of nitrogen functional groups attached to an aromatic ring is 1. The summed E-state index contributed by atoms with van der Waals surface area (Å²) in [5.74, 6) is 0.0926. The fraction of sp³-hybridized carbons (Fsp3) is 0.643. The molecule has 0 bridgehead atoms. The molecule has 0 aliphatic carbocycles. The molecular weight excluding hydrogens is 286 g/mol. The lowest BCUT2D eigenvalue weighted by Crippen LogP contribution is -2.32. The summed E-state index contributed by atoms with van der Waals surface area (Å²) < 4.78 is 7.56. The predicted octanol–water partition coefficient (Wildman–Crippen LogP) is 0.464. The predicted molar refractivity (Wildman–Crippen MR) is 79.7 cm³/mol. The van der Waals surface area contributed by atoms with Crippen LogP contribution in [0.15, 0.2) is 12.7 Å². The van der Waals surface area contributed by atoms with Crippen molar-refractivity contribution < 1.29 is 14.9 Å². The summed E-state index contributed by atoms with van der Waals surface area (Å²) in [5, 5.41) is 20.7. The highest BCUT2D eigenvalue weighted by atomic mass is 16.5. The molecular formula is C14H21N5O3. The lowest BCUT2D eigenvalue weighted by Gasteiger charge is -2.21. The third-order valence-electron chi connectivity index (χ3n) is 4.27. The molecule has 1 aliphatic rings. The molecule has 1 fully saturated rings. The van der Waals surface area contributed by atoms with Crippen LogP contribution in [0, 0.1) is 5.92 Å². The molecule has 5 atom stereocenters. The zero-order valence-corrected chi connectivity index (χ0v) is 12.6. The summed E-state index contributed by atoms with van der Waals surface area (Å²) in [6.45, 7) is 3.87. The van der Waals surface area contributed by atoms with E-state index in [1.54, 1.807) is 4.57 Å². The van der Waals surface area contributed by atoms with Gasteiger partial charge in [-0.2, -0.15) is 0 Å². The molecule has 0 spiro atoms. The number of aliphatic hydroxyl groups excluding tert-OH is 2. The maximum absolute atomic E-state index is 10.5. The van der Waals surface area contributed by atoms with E-state index in [-0.39, 0.29) is 11.7 Å². The van der Waals surface area contributed by atoms with Gasteiger partial charge in [0.05, 0.1) is 18.5 Å². The maximum Gasteiger partial charge on any atom is 0.167 e. The van der Waals surface area contributed by atoms with Gasteiger partial charge in [-0.25, -0.2) is 15.0 Å². The Morgan fingerprint density at radius 2 is 2.18 bits per heavy atom. The molecule has 0 amide bonds. The van der Waals surface area contributed by atoms with Crippen molar-refractivity contribution in [3.63, 3.8) is 0 Å². The molecule has 0 radical (unpaired) electrons. The van der Waals surface area contributed by atoms with Crippen LogP contribution in [0.2, 0.25) is 0 Å². The Hall–Kier alpha value is -1.77. The zero-order chi connectivity index (χ0) is 15.9. The molecule has 8 heteroatoms. The number of imidazole rings is 1. The summed E-state index contributed by atoms with van der Waals surface area (Å²) in [4.78, 5) is 12.3. The number of hydrogen-bond donors (Lipinski definition) is 3. The van der Waals surface area contributed by atoms with Crippen molar-refractivity contribution in [2.75, 3.05) is 5.73 Å².